The molecule has 0 atom stereocenters. The van der Waals surface area contributed by atoms with Gasteiger partial charge in [0.05, 0.1) is 11.1 Å². The van der Waals surface area contributed by atoms with Crippen molar-refractivity contribution in [3.63, 3.8) is 0 Å². The number of hydrogen-bond acceptors (Lipinski definition) is 6. The Kier molecular flexibility index (Phi) is 3.23. The van der Waals surface area contributed by atoms with Crippen molar-refractivity contribution in [1.29, 1.82) is 0 Å². The maximum atomic E-state index is 12.1. The van der Waals surface area contributed by atoms with Gasteiger partial charge in [0.25, 0.3) is 10.0 Å². The van der Waals surface area contributed by atoms with E-state index in [0.29, 0.717) is 11.3 Å². The zero-order valence-corrected chi connectivity index (χ0v) is 11.3. The van der Waals surface area contributed by atoms with Crippen molar-refractivity contribution in [1.82, 2.24) is 4.98 Å². The number of thiazole rings is 1. The highest BCUT2D eigenvalue weighted by Gasteiger charge is 2.23. The number of aromatic nitrogens is 1. The topological polar surface area (TPSA) is 107 Å². The van der Waals surface area contributed by atoms with Gasteiger partial charge in [0, 0.05) is 0 Å². The molecule has 2 aromatic rings. The first-order valence-corrected chi connectivity index (χ1v) is 8.45. The van der Waals surface area contributed by atoms with Gasteiger partial charge in [0.15, 0.2) is 0 Å². The molecule has 1 heterocycles. The minimum absolute atomic E-state index is 0.0784. The Labute approximate surface area is 108 Å². The Morgan fingerprint density at radius 2 is 1.67 bits per heavy atom. The van der Waals surface area contributed by atoms with Crippen LogP contribution in [0.1, 0.15) is 0 Å². The van der Waals surface area contributed by atoms with Gasteiger partial charge in [-0.05, 0) is 12.1 Å². The number of rotatable bonds is 3. The zero-order chi connectivity index (χ0) is 13.4. The van der Waals surface area contributed by atoms with Gasteiger partial charge in [0.1, 0.15) is 4.21 Å². The van der Waals surface area contributed by atoms with E-state index in [9.17, 15) is 16.8 Å². The zero-order valence-electron chi connectivity index (χ0n) is 8.85. The number of benzene rings is 1. The third-order valence-electron chi connectivity index (χ3n) is 2.03. The van der Waals surface area contributed by atoms with Gasteiger partial charge in [-0.1, -0.05) is 29.5 Å². The molecule has 1 aromatic carbocycles. The normalized spacial score (nSPS) is 12.5. The lowest BCUT2D eigenvalue weighted by molar-refractivity contribution is 0.595. The third kappa shape index (κ3) is 2.43. The molecular weight excluding hydrogens is 296 g/mol. The van der Waals surface area contributed by atoms with Crippen molar-refractivity contribution in [3.05, 3.63) is 36.5 Å². The molecule has 0 bridgehead atoms. The monoisotopic (exact) mass is 304 g/mol. The lowest BCUT2D eigenvalue weighted by Crippen LogP contribution is -2.11. The molecule has 2 rings (SSSR count). The largest absolute Gasteiger partial charge is 0.265 e. The van der Waals surface area contributed by atoms with Gasteiger partial charge in [0.2, 0.25) is 14.2 Å². The fourth-order valence-corrected chi connectivity index (χ4v) is 4.59. The number of nitrogens with zero attached hydrogens (tertiary/aromatic N) is 1. The SMILES string of the molecule is NS(=O)(=O)c1ncc(S(=O)(=O)c2ccccc2)s1. The van der Waals surface area contributed by atoms with Crippen LogP contribution < -0.4 is 5.14 Å². The molecule has 0 saturated heterocycles. The summed E-state index contributed by atoms with van der Waals surface area (Å²) in [5.74, 6) is 0. The lowest BCUT2D eigenvalue weighted by Gasteiger charge is -1.99. The lowest BCUT2D eigenvalue weighted by atomic mass is 10.4. The summed E-state index contributed by atoms with van der Waals surface area (Å²) in [4.78, 5) is 3.58. The Balaban J connectivity index is 2.54. The van der Waals surface area contributed by atoms with E-state index in [0.717, 1.165) is 6.20 Å². The summed E-state index contributed by atoms with van der Waals surface area (Å²) in [6.45, 7) is 0. The van der Waals surface area contributed by atoms with Gasteiger partial charge in [-0.25, -0.2) is 27.0 Å². The van der Waals surface area contributed by atoms with E-state index in [-0.39, 0.29) is 9.10 Å². The summed E-state index contributed by atoms with van der Waals surface area (Å²) < 4.78 is 45.7. The first kappa shape index (κ1) is 13.1. The highest BCUT2D eigenvalue weighted by atomic mass is 32.3. The van der Waals surface area contributed by atoms with Gasteiger partial charge < -0.3 is 0 Å². The van der Waals surface area contributed by atoms with Crippen molar-refractivity contribution >= 4 is 31.2 Å². The third-order valence-corrected chi connectivity index (χ3v) is 6.59. The molecule has 0 aliphatic heterocycles. The van der Waals surface area contributed by atoms with Gasteiger partial charge in [-0.3, -0.25) is 0 Å². The fraction of sp³-hybridized carbons (Fsp3) is 0. The Bertz CT molecular complexity index is 763. The highest BCUT2D eigenvalue weighted by Crippen LogP contribution is 2.27. The summed E-state index contributed by atoms with van der Waals surface area (Å²) in [6, 6.07) is 7.68. The maximum absolute atomic E-state index is 12.1. The molecule has 0 spiro atoms. The van der Waals surface area contributed by atoms with Crippen LogP contribution in [-0.4, -0.2) is 21.8 Å². The van der Waals surface area contributed by atoms with Crippen molar-refractivity contribution in [2.24, 2.45) is 5.14 Å². The molecule has 0 aliphatic carbocycles. The molecule has 2 N–H and O–H groups in total. The first-order valence-electron chi connectivity index (χ1n) is 4.60. The molecule has 9 heteroatoms. The molecule has 6 nitrogen and oxygen atoms in total. The van der Waals surface area contributed by atoms with E-state index >= 15 is 0 Å². The van der Waals surface area contributed by atoms with E-state index in [4.69, 9.17) is 5.14 Å². The van der Waals surface area contributed by atoms with E-state index < -0.39 is 24.2 Å². The highest BCUT2D eigenvalue weighted by molar-refractivity contribution is 7.95. The molecule has 1 aromatic heterocycles. The number of hydrogen-bond donors (Lipinski definition) is 1. The van der Waals surface area contributed by atoms with E-state index in [1.54, 1.807) is 18.2 Å². The van der Waals surface area contributed by atoms with Crippen LogP contribution in [0.25, 0.3) is 0 Å². The Morgan fingerprint density at radius 3 is 2.17 bits per heavy atom. The summed E-state index contributed by atoms with van der Waals surface area (Å²) >= 11 is 0.530. The van der Waals surface area contributed by atoms with Crippen LogP contribution in [0.3, 0.4) is 0 Å². The van der Waals surface area contributed by atoms with Gasteiger partial charge in [-0.15, -0.1) is 0 Å². The summed E-state index contributed by atoms with van der Waals surface area (Å²) in [5, 5.41) is 4.88. The molecule has 0 amide bonds. The summed E-state index contributed by atoms with van der Waals surface area (Å²) in [5.41, 5.74) is 0. The van der Waals surface area contributed by atoms with E-state index in [1.807, 2.05) is 0 Å². The van der Waals surface area contributed by atoms with Crippen LogP contribution in [0, 0.1) is 0 Å². The van der Waals surface area contributed by atoms with Crippen molar-refractivity contribution in [3.8, 4) is 0 Å². The quantitative estimate of drug-likeness (QED) is 0.894. The van der Waals surface area contributed by atoms with Crippen LogP contribution in [0.2, 0.25) is 0 Å². The molecule has 96 valence electrons. The first-order chi connectivity index (χ1) is 8.32. The standard InChI is InChI=1S/C9H8N2O4S3/c10-18(14,15)9-11-6-8(16-9)17(12,13)7-4-2-1-3-5-7/h1-6H,(H2,10,14,15). The number of sulfone groups is 1. The van der Waals surface area contributed by atoms with Gasteiger partial charge in [-0.2, -0.15) is 0 Å². The predicted molar refractivity (Wildman–Crippen MR) is 65.4 cm³/mol. The van der Waals surface area contributed by atoms with E-state index in [2.05, 4.69) is 4.98 Å². The molecule has 0 aliphatic rings. The van der Waals surface area contributed by atoms with Crippen LogP contribution in [-0.2, 0) is 19.9 Å². The van der Waals surface area contributed by atoms with E-state index in [1.165, 1.54) is 12.1 Å². The van der Waals surface area contributed by atoms with Crippen molar-refractivity contribution in [2.75, 3.05) is 0 Å². The second-order valence-corrected chi connectivity index (χ2v) is 8.25. The van der Waals surface area contributed by atoms with Crippen LogP contribution in [0.5, 0.6) is 0 Å². The number of nitrogens with two attached hydrogens (primary N) is 1. The van der Waals surface area contributed by atoms with Gasteiger partial charge >= 0.3 is 0 Å². The number of primary sulfonamides is 1. The van der Waals surface area contributed by atoms with Crippen LogP contribution in [0.15, 0.2) is 50.0 Å². The van der Waals surface area contributed by atoms with Crippen LogP contribution in [0.4, 0.5) is 0 Å². The molecule has 0 fully saturated rings. The average molecular weight is 304 g/mol. The fourth-order valence-electron chi connectivity index (χ4n) is 1.22. The van der Waals surface area contributed by atoms with Crippen molar-refractivity contribution in [2.45, 2.75) is 13.4 Å². The molecule has 0 unspecified atom stereocenters. The molecule has 0 radical (unpaired) electrons. The molecular formula is C9H8N2O4S3. The second-order valence-electron chi connectivity index (χ2n) is 3.31. The average Bonchev–Trinajstić information content (AvgIpc) is 2.79. The Hall–Kier alpha value is -1.29. The Morgan fingerprint density at radius 1 is 1.06 bits per heavy atom. The summed E-state index contributed by atoms with van der Waals surface area (Å²) in [7, 11) is -7.72. The molecule has 18 heavy (non-hydrogen) atoms. The minimum Gasteiger partial charge on any atom is -0.231 e. The minimum atomic E-state index is -3.98. The van der Waals surface area contributed by atoms with Crippen molar-refractivity contribution < 1.29 is 16.8 Å². The smallest absolute Gasteiger partial charge is 0.231 e. The van der Waals surface area contributed by atoms with Crippen LogP contribution >= 0.6 is 11.3 Å². The summed E-state index contributed by atoms with van der Waals surface area (Å²) in [6.07, 6.45) is 0.993. The second kappa shape index (κ2) is 4.43. The maximum Gasteiger partial charge on any atom is 0.265 e. The number of sulfonamides is 1. The predicted octanol–water partition coefficient (Wildman–Crippen LogP) is 0.623. The molecule has 0 saturated carbocycles.